The molecule has 36 heavy (non-hydrogen) atoms. The summed E-state index contributed by atoms with van der Waals surface area (Å²) >= 11 is 3.52. The van der Waals surface area contributed by atoms with Gasteiger partial charge in [-0.05, 0) is 55.3 Å². The Balaban J connectivity index is 1.69. The van der Waals surface area contributed by atoms with Gasteiger partial charge in [0, 0.05) is 32.0 Å². The van der Waals surface area contributed by atoms with Crippen LogP contribution in [0.25, 0.3) is 49.5 Å². The van der Waals surface area contributed by atoms with E-state index in [0.717, 1.165) is 43.1 Å². The predicted molar refractivity (Wildman–Crippen MR) is 146 cm³/mol. The fraction of sp³-hybridized carbons (Fsp3) is 0.0714. The first kappa shape index (κ1) is 22.2. The smallest absolute Gasteiger partial charge is 0.269 e. The van der Waals surface area contributed by atoms with Gasteiger partial charge >= 0.3 is 0 Å². The molecule has 0 atom stereocenters. The third-order valence-electron chi connectivity index (χ3n) is 6.62. The Labute approximate surface area is 213 Å². The highest BCUT2D eigenvalue weighted by Crippen LogP contribution is 2.40. The molecule has 0 aliphatic rings. The monoisotopic (exact) mass is 537 g/mol. The Morgan fingerprint density at radius 1 is 1.03 bits per heavy atom. The molecular formula is C28H20BrN5O2. The Kier molecular flexibility index (Phi) is 5.01. The zero-order valence-corrected chi connectivity index (χ0v) is 21.1. The van der Waals surface area contributed by atoms with Crippen LogP contribution in [-0.4, -0.2) is 25.4 Å². The SMILES string of the molecule is Cc1nc(C(N)=O)c2[nH]c3cc(Br)ccc3c2c1-c1cccc(-n2cnc3ccccc3c2=O)c1C. The number of rotatable bonds is 3. The Morgan fingerprint density at radius 3 is 2.64 bits per heavy atom. The van der Waals surface area contributed by atoms with Gasteiger partial charge in [0.15, 0.2) is 5.69 Å². The summed E-state index contributed by atoms with van der Waals surface area (Å²) in [7, 11) is 0. The van der Waals surface area contributed by atoms with Gasteiger partial charge in [0.05, 0.1) is 22.1 Å². The lowest BCUT2D eigenvalue weighted by Gasteiger charge is -2.16. The van der Waals surface area contributed by atoms with E-state index < -0.39 is 5.91 Å². The first-order valence-corrected chi connectivity index (χ1v) is 12.1. The molecule has 3 aromatic heterocycles. The van der Waals surface area contributed by atoms with Crippen molar-refractivity contribution in [2.24, 2.45) is 5.73 Å². The van der Waals surface area contributed by atoms with E-state index >= 15 is 0 Å². The zero-order valence-electron chi connectivity index (χ0n) is 19.5. The van der Waals surface area contributed by atoms with Crippen LogP contribution in [0.5, 0.6) is 0 Å². The highest BCUT2D eigenvalue weighted by Gasteiger charge is 2.22. The number of nitrogens with zero attached hydrogens (tertiary/aromatic N) is 3. The molecule has 0 saturated heterocycles. The molecule has 3 N–H and O–H groups in total. The standard InChI is InChI=1S/C28H20BrN5O2/c1-14-17(7-5-9-22(14)34-13-31-20-8-4-3-6-19(20)28(34)36)23-15(2)32-26(27(30)35)25-24(23)18-11-10-16(29)12-21(18)33-25/h3-13,33H,1-2H3,(H2,30,35). The summed E-state index contributed by atoms with van der Waals surface area (Å²) in [6.45, 7) is 3.85. The molecule has 7 nitrogen and oxygen atoms in total. The topological polar surface area (TPSA) is 107 Å². The van der Waals surface area contributed by atoms with Gasteiger partial charge in [-0.3, -0.25) is 14.2 Å². The number of primary amides is 1. The van der Waals surface area contributed by atoms with Crippen molar-refractivity contribution in [1.29, 1.82) is 0 Å². The van der Waals surface area contributed by atoms with E-state index in [-0.39, 0.29) is 11.3 Å². The lowest BCUT2D eigenvalue weighted by molar-refractivity contribution is 0.0997. The number of para-hydroxylation sites is 1. The number of carbonyl (C=O) groups is 1. The van der Waals surface area contributed by atoms with E-state index in [4.69, 9.17) is 5.73 Å². The highest BCUT2D eigenvalue weighted by atomic mass is 79.9. The van der Waals surface area contributed by atoms with Crippen molar-refractivity contribution in [3.8, 4) is 16.8 Å². The molecule has 0 fully saturated rings. The fourth-order valence-corrected chi connectivity index (χ4v) is 5.33. The van der Waals surface area contributed by atoms with E-state index in [2.05, 4.69) is 30.9 Å². The van der Waals surface area contributed by atoms with Crippen LogP contribution in [0, 0.1) is 13.8 Å². The van der Waals surface area contributed by atoms with Crippen molar-refractivity contribution >= 4 is 54.5 Å². The molecule has 6 rings (SSSR count). The summed E-state index contributed by atoms with van der Waals surface area (Å²) in [5.74, 6) is -0.598. The number of nitrogens with two attached hydrogens (primary N) is 1. The van der Waals surface area contributed by atoms with E-state index in [1.54, 1.807) is 17.0 Å². The number of fused-ring (bicyclic) bond motifs is 4. The summed E-state index contributed by atoms with van der Waals surface area (Å²) in [6.07, 6.45) is 1.57. The Morgan fingerprint density at radius 2 is 1.83 bits per heavy atom. The molecule has 0 aliphatic carbocycles. The second-order valence-corrected chi connectivity index (χ2v) is 9.65. The van der Waals surface area contributed by atoms with Crippen molar-refractivity contribution in [2.75, 3.05) is 0 Å². The lowest BCUT2D eigenvalue weighted by atomic mass is 9.93. The van der Waals surface area contributed by atoms with Gasteiger partial charge in [-0.2, -0.15) is 0 Å². The normalized spacial score (nSPS) is 11.5. The Hall–Kier alpha value is -4.30. The molecule has 0 bridgehead atoms. The number of hydrogen-bond donors (Lipinski definition) is 2. The molecule has 176 valence electrons. The van der Waals surface area contributed by atoms with E-state index in [0.29, 0.717) is 22.1 Å². The second kappa shape index (κ2) is 8.13. The molecular weight excluding hydrogens is 518 g/mol. The number of nitrogens with one attached hydrogen (secondary N) is 1. The van der Waals surface area contributed by atoms with Crippen molar-refractivity contribution in [1.82, 2.24) is 19.5 Å². The van der Waals surface area contributed by atoms with Gasteiger partial charge in [-0.15, -0.1) is 0 Å². The maximum atomic E-state index is 13.3. The summed E-state index contributed by atoms with van der Waals surface area (Å²) < 4.78 is 2.49. The third kappa shape index (κ3) is 3.25. The van der Waals surface area contributed by atoms with Crippen LogP contribution in [0.3, 0.4) is 0 Å². The van der Waals surface area contributed by atoms with E-state index in [1.165, 1.54) is 0 Å². The molecule has 8 heteroatoms. The second-order valence-electron chi connectivity index (χ2n) is 8.74. The quantitative estimate of drug-likeness (QED) is 0.308. The lowest BCUT2D eigenvalue weighted by Crippen LogP contribution is -2.19. The molecule has 0 unspecified atom stereocenters. The maximum Gasteiger partial charge on any atom is 0.269 e. The molecule has 0 radical (unpaired) electrons. The average Bonchev–Trinajstić information content (AvgIpc) is 3.23. The van der Waals surface area contributed by atoms with Gasteiger partial charge in [-0.1, -0.05) is 46.3 Å². The van der Waals surface area contributed by atoms with Crippen LogP contribution in [-0.2, 0) is 0 Å². The first-order chi connectivity index (χ1) is 17.3. The number of H-pyrrole nitrogens is 1. The third-order valence-corrected chi connectivity index (χ3v) is 7.12. The maximum absolute atomic E-state index is 13.3. The Bertz CT molecular complexity index is 1940. The van der Waals surface area contributed by atoms with E-state index in [1.807, 2.05) is 68.4 Å². The minimum absolute atomic E-state index is 0.137. The molecule has 0 aliphatic heterocycles. The number of halogens is 1. The van der Waals surface area contributed by atoms with Crippen LogP contribution in [0.2, 0.25) is 0 Å². The fourth-order valence-electron chi connectivity index (χ4n) is 4.97. The molecule has 0 saturated carbocycles. The molecule has 1 amide bonds. The van der Waals surface area contributed by atoms with E-state index in [9.17, 15) is 9.59 Å². The summed E-state index contributed by atoms with van der Waals surface area (Å²) in [4.78, 5) is 38.1. The van der Waals surface area contributed by atoms with Crippen molar-refractivity contribution < 1.29 is 4.79 Å². The predicted octanol–water partition coefficient (Wildman–Crippen LogP) is 5.56. The largest absolute Gasteiger partial charge is 0.364 e. The summed E-state index contributed by atoms with van der Waals surface area (Å²) in [6, 6.07) is 19.1. The average molecular weight is 538 g/mol. The van der Waals surface area contributed by atoms with Gasteiger partial charge in [0.25, 0.3) is 11.5 Å². The number of carbonyl (C=O) groups excluding carboxylic acids is 1. The van der Waals surface area contributed by atoms with Crippen molar-refractivity contribution in [3.05, 3.63) is 98.8 Å². The number of aromatic amines is 1. The number of hydrogen-bond acceptors (Lipinski definition) is 4. The highest BCUT2D eigenvalue weighted by molar-refractivity contribution is 9.10. The van der Waals surface area contributed by atoms with Crippen molar-refractivity contribution in [2.45, 2.75) is 13.8 Å². The summed E-state index contributed by atoms with van der Waals surface area (Å²) in [5.41, 5.74) is 11.9. The number of aryl methyl sites for hydroxylation is 1. The molecule has 6 aromatic rings. The molecule has 0 spiro atoms. The first-order valence-electron chi connectivity index (χ1n) is 11.3. The van der Waals surface area contributed by atoms with Gasteiger partial charge in [0.2, 0.25) is 0 Å². The molecule has 3 aromatic carbocycles. The minimum Gasteiger partial charge on any atom is -0.364 e. The number of pyridine rings is 1. The summed E-state index contributed by atoms with van der Waals surface area (Å²) in [5, 5.41) is 2.37. The van der Waals surface area contributed by atoms with Gasteiger partial charge in [-0.25, -0.2) is 9.97 Å². The molecule has 3 heterocycles. The number of amides is 1. The zero-order chi connectivity index (χ0) is 25.1. The number of benzene rings is 3. The minimum atomic E-state index is -0.598. The van der Waals surface area contributed by atoms with Crippen LogP contribution in [0.15, 0.2) is 76.3 Å². The van der Waals surface area contributed by atoms with Crippen LogP contribution < -0.4 is 11.3 Å². The number of aromatic nitrogens is 4. The van der Waals surface area contributed by atoms with Crippen LogP contribution in [0.1, 0.15) is 21.7 Å². The van der Waals surface area contributed by atoms with Crippen molar-refractivity contribution in [3.63, 3.8) is 0 Å². The van der Waals surface area contributed by atoms with Crippen LogP contribution in [0.4, 0.5) is 0 Å². The van der Waals surface area contributed by atoms with Gasteiger partial charge < -0.3 is 10.7 Å². The van der Waals surface area contributed by atoms with Gasteiger partial charge in [0.1, 0.15) is 6.33 Å². The van der Waals surface area contributed by atoms with Crippen LogP contribution >= 0.6 is 15.9 Å².